The molecule has 1 unspecified atom stereocenters. The predicted molar refractivity (Wildman–Crippen MR) is 35.6 cm³/mol. The van der Waals surface area contributed by atoms with E-state index in [4.69, 9.17) is 5.73 Å². The molecule has 2 N–H and O–H groups in total. The van der Waals surface area contributed by atoms with Gasteiger partial charge in [0.15, 0.2) is 0 Å². The number of hydrogen-bond acceptors (Lipinski definition) is 1. The SMILES string of the molecule is C[C@H]1CCCC(N)C1. The third-order valence-corrected chi connectivity index (χ3v) is 1.98. The van der Waals surface area contributed by atoms with E-state index >= 15 is 0 Å². The Labute approximate surface area is 51.3 Å². The minimum Gasteiger partial charge on any atom is -0.328 e. The molecule has 0 saturated heterocycles. The maximum Gasteiger partial charge on any atom is 0.00413 e. The third kappa shape index (κ3) is 1.48. The first-order chi connectivity index (χ1) is 3.79. The zero-order valence-electron chi connectivity index (χ0n) is 5.56. The summed E-state index contributed by atoms with van der Waals surface area (Å²) in [6.07, 6.45) is 5.25. The molecule has 0 aromatic carbocycles. The summed E-state index contributed by atoms with van der Waals surface area (Å²) < 4.78 is 0. The van der Waals surface area contributed by atoms with Crippen LogP contribution in [0.3, 0.4) is 0 Å². The first kappa shape index (κ1) is 6.09. The summed E-state index contributed by atoms with van der Waals surface area (Å²) in [7, 11) is 0. The predicted octanol–water partition coefficient (Wildman–Crippen LogP) is 1.52. The van der Waals surface area contributed by atoms with Gasteiger partial charge in [-0.1, -0.05) is 19.8 Å². The van der Waals surface area contributed by atoms with Crippen LogP contribution in [0.25, 0.3) is 0 Å². The van der Waals surface area contributed by atoms with Gasteiger partial charge in [-0.15, -0.1) is 0 Å². The van der Waals surface area contributed by atoms with E-state index in [0.717, 1.165) is 5.92 Å². The Morgan fingerprint density at radius 1 is 1.38 bits per heavy atom. The van der Waals surface area contributed by atoms with E-state index in [-0.39, 0.29) is 0 Å². The number of rotatable bonds is 0. The maximum atomic E-state index is 5.73. The fraction of sp³-hybridized carbons (Fsp3) is 1.00. The van der Waals surface area contributed by atoms with Crippen molar-refractivity contribution in [2.75, 3.05) is 0 Å². The van der Waals surface area contributed by atoms with Gasteiger partial charge in [0.1, 0.15) is 0 Å². The summed E-state index contributed by atoms with van der Waals surface area (Å²) in [4.78, 5) is 0. The molecule has 0 heterocycles. The van der Waals surface area contributed by atoms with Crippen LogP contribution in [0.1, 0.15) is 32.6 Å². The Bertz CT molecular complexity index is 62.8. The van der Waals surface area contributed by atoms with E-state index < -0.39 is 0 Å². The van der Waals surface area contributed by atoms with Crippen LogP contribution in [0, 0.1) is 5.92 Å². The average Bonchev–Trinajstić information content (AvgIpc) is 1.64. The molecule has 1 fully saturated rings. The molecule has 1 heteroatoms. The molecule has 0 bridgehead atoms. The maximum absolute atomic E-state index is 5.73. The molecular weight excluding hydrogens is 98.1 g/mol. The van der Waals surface area contributed by atoms with Gasteiger partial charge in [-0.05, 0) is 18.8 Å². The molecule has 1 aliphatic carbocycles. The first-order valence-corrected chi connectivity index (χ1v) is 3.54. The van der Waals surface area contributed by atoms with E-state index in [1.54, 1.807) is 0 Å². The summed E-state index contributed by atoms with van der Waals surface area (Å²) in [5.74, 6) is 0.888. The molecule has 8 heavy (non-hydrogen) atoms. The van der Waals surface area contributed by atoms with Gasteiger partial charge in [-0.25, -0.2) is 0 Å². The van der Waals surface area contributed by atoms with Crippen LogP contribution in [-0.2, 0) is 0 Å². The second-order valence-corrected chi connectivity index (χ2v) is 3.03. The highest BCUT2D eigenvalue weighted by Crippen LogP contribution is 2.21. The number of nitrogens with two attached hydrogens (primary N) is 1. The summed E-state index contributed by atoms with van der Waals surface area (Å²) in [6.45, 7) is 2.29. The smallest absolute Gasteiger partial charge is 0.00413 e. The van der Waals surface area contributed by atoms with E-state index in [0.29, 0.717) is 6.04 Å². The van der Waals surface area contributed by atoms with E-state index in [1.165, 1.54) is 25.7 Å². The normalized spacial score (nSPS) is 39.8. The lowest BCUT2D eigenvalue weighted by Gasteiger charge is -2.22. The lowest BCUT2D eigenvalue weighted by atomic mass is 9.88. The van der Waals surface area contributed by atoms with Crippen molar-refractivity contribution in [1.29, 1.82) is 0 Å². The highest BCUT2D eigenvalue weighted by Gasteiger charge is 2.13. The quantitative estimate of drug-likeness (QED) is 0.506. The summed E-state index contributed by atoms with van der Waals surface area (Å²) in [5, 5.41) is 0. The highest BCUT2D eigenvalue weighted by molar-refractivity contribution is 4.71. The van der Waals surface area contributed by atoms with Crippen LogP contribution in [0.2, 0.25) is 0 Å². The zero-order valence-corrected chi connectivity index (χ0v) is 5.56. The molecule has 1 nitrogen and oxygen atoms in total. The van der Waals surface area contributed by atoms with Gasteiger partial charge in [0.05, 0.1) is 0 Å². The Balaban J connectivity index is 2.23. The molecule has 0 amide bonds. The molecule has 48 valence electrons. The summed E-state index contributed by atoms with van der Waals surface area (Å²) >= 11 is 0. The fourth-order valence-electron chi connectivity index (χ4n) is 1.48. The molecular formula is C7H15N. The Morgan fingerprint density at radius 2 is 2.12 bits per heavy atom. The van der Waals surface area contributed by atoms with E-state index in [2.05, 4.69) is 6.92 Å². The van der Waals surface area contributed by atoms with Gasteiger partial charge >= 0.3 is 0 Å². The lowest BCUT2D eigenvalue weighted by Crippen LogP contribution is -2.26. The van der Waals surface area contributed by atoms with E-state index in [9.17, 15) is 0 Å². The molecule has 2 atom stereocenters. The van der Waals surface area contributed by atoms with Crippen molar-refractivity contribution >= 4 is 0 Å². The van der Waals surface area contributed by atoms with E-state index in [1.807, 2.05) is 0 Å². The molecule has 0 radical (unpaired) electrons. The van der Waals surface area contributed by atoms with Crippen LogP contribution in [0.4, 0.5) is 0 Å². The highest BCUT2D eigenvalue weighted by atomic mass is 14.6. The van der Waals surface area contributed by atoms with Crippen molar-refractivity contribution in [3.05, 3.63) is 0 Å². The summed E-state index contributed by atoms with van der Waals surface area (Å²) in [6, 6.07) is 0.513. The van der Waals surface area contributed by atoms with Crippen molar-refractivity contribution in [1.82, 2.24) is 0 Å². The van der Waals surface area contributed by atoms with Crippen molar-refractivity contribution in [3.8, 4) is 0 Å². The molecule has 0 spiro atoms. The van der Waals surface area contributed by atoms with Crippen molar-refractivity contribution in [3.63, 3.8) is 0 Å². The standard InChI is InChI=1S/C7H15N/c1-6-3-2-4-7(8)5-6/h6-7H,2-5,8H2,1H3/t6-,7?/m0/s1. The van der Waals surface area contributed by atoms with Crippen LogP contribution in [0.5, 0.6) is 0 Å². The molecule has 0 aliphatic heterocycles. The Kier molecular flexibility index (Phi) is 1.90. The largest absolute Gasteiger partial charge is 0.328 e. The average molecular weight is 113 g/mol. The number of hydrogen-bond donors (Lipinski definition) is 1. The minimum absolute atomic E-state index is 0.513. The van der Waals surface area contributed by atoms with Crippen LogP contribution >= 0.6 is 0 Å². The van der Waals surface area contributed by atoms with Gasteiger partial charge in [0.25, 0.3) is 0 Å². The van der Waals surface area contributed by atoms with Crippen LogP contribution < -0.4 is 5.73 Å². The Morgan fingerprint density at radius 3 is 2.50 bits per heavy atom. The van der Waals surface area contributed by atoms with Crippen molar-refractivity contribution in [2.45, 2.75) is 38.6 Å². The zero-order chi connectivity index (χ0) is 5.98. The van der Waals surface area contributed by atoms with Gasteiger partial charge in [0, 0.05) is 6.04 Å². The topological polar surface area (TPSA) is 26.0 Å². The molecule has 0 aromatic heterocycles. The fourth-order valence-corrected chi connectivity index (χ4v) is 1.48. The van der Waals surface area contributed by atoms with Gasteiger partial charge in [-0.3, -0.25) is 0 Å². The van der Waals surface area contributed by atoms with Gasteiger partial charge in [0.2, 0.25) is 0 Å². The van der Waals surface area contributed by atoms with Crippen LogP contribution in [0.15, 0.2) is 0 Å². The monoisotopic (exact) mass is 113 g/mol. The first-order valence-electron chi connectivity index (χ1n) is 3.54. The second kappa shape index (κ2) is 2.49. The third-order valence-electron chi connectivity index (χ3n) is 1.98. The second-order valence-electron chi connectivity index (χ2n) is 3.03. The lowest BCUT2D eigenvalue weighted by molar-refractivity contribution is 0.344. The van der Waals surface area contributed by atoms with Crippen molar-refractivity contribution < 1.29 is 0 Å². The van der Waals surface area contributed by atoms with Gasteiger partial charge < -0.3 is 5.73 Å². The molecule has 1 saturated carbocycles. The van der Waals surface area contributed by atoms with Crippen LogP contribution in [-0.4, -0.2) is 6.04 Å². The minimum atomic E-state index is 0.513. The summed E-state index contributed by atoms with van der Waals surface area (Å²) in [5.41, 5.74) is 5.73. The van der Waals surface area contributed by atoms with Crippen molar-refractivity contribution in [2.24, 2.45) is 11.7 Å². The van der Waals surface area contributed by atoms with Gasteiger partial charge in [-0.2, -0.15) is 0 Å². The molecule has 1 rings (SSSR count). The molecule has 0 aromatic rings. The molecule has 1 aliphatic rings. The Hall–Kier alpha value is -0.0400.